The van der Waals surface area contributed by atoms with Crippen molar-refractivity contribution in [3.05, 3.63) is 72.3 Å². The van der Waals surface area contributed by atoms with Crippen molar-refractivity contribution in [3.8, 4) is 11.5 Å². The highest BCUT2D eigenvalue weighted by molar-refractivity contribution is 6.09. The third-order valence-electron chi connectivity index (χ3n) is 4.94. The number of para-hydroxylation sites is 3. The van der Waals surface area contributed by atoms with Gasteiger partial charge in [-0.2, -0.15) is 5.10 Å². The number of carbonyl (C=O) groups is 1. The lowest BCUT2D eigenvalue weighted by Gasteiger charge is -2.09. The van der Waals surface area contributed by atoms with Crippen LogP contribution in [0.25, 0.3) is 21.8 Å². The topological polar surface area (TPSA) is 64.9 Å². The Morgan fingerprint density at radius 3 is 2.53 bits per heavy atom. The van der Waals surface area contributed by atoms with Gasteiger partial charge in [-0.3, -0.25) is 4.79 Å². The van der Waals surface area contributed by atoms with Crippen LogP contribution in [-0.4, -0.2) is 30.4 Å². The molecule has 1 aromatic heterocycles. The second-order valence-electron chi connectivity index (χ2n) is 6.77. The molecule has 3 aromatic carbocycles. The smallest absolute Gasteiger partial charge is 0.277 e. The lowest BCUT2D eigenvalue weighted by atomic mass is 10.1. The van der Waals surface area contributed by atoms with Gasteiger partial charge >= 0.3 is 0 Å². The number of rotatable bonds is 7. The van der Waals surface area contributed by atoms with Crippen molar-refractivity contribution in [3.63, 3.8) is 0 Å². The number of amides is 1. The Hall–Kier alpha value is -3.80. The van der Waals surface area contributed by atoms with Crippen molar-refractivity contribution < 1.29 is 14.3 Å². The summed E-state index contributed by atoms with van der Waals surface area (Å²) in [5.41, 5.74) is 5.81. The SMILES string of the molecule is CCn1c2ccccc2c2cc(C=NNC(=O)COc3ccccc3OC)ccc21. The van der Waals surface area contributed by atoms with Gasteiger partial charge in [-0.1, -0.05) is 36.4 Å². The predicted molar refractivity (Wildman–Crippen MR) is 119 cm³/mol. The molecule has 1 N–H and O–H groups in total. The van der Waals surface area contributed by atoms with Gasteiger partial charge in [-0.15, -0.1) is 0 Å². The number of aromatic nitrogens is 1. The second-order valence-corrected chi connectivity index (χ2v) is 6.77. The van der Waals surface area contributed by atoms with Crippen LogP contribution in [0.5, 0.6) is 11.5 Å². The maximum atomic E-state index is 12.0. The van der Waals surface area contributed by atoms with E-state index in [0.29, 0.717) is 11.5 Å². The Bertz CT molecular complexity index is 1230. The molecule has 6 nitrogen and oxygen atoms in total. The van der Waals surface area contributed by atoms with Gasteiger partial charge in [0, 0.05) is 28.4 Å². The zero-order valence-corrected chi connectivity index (χ0v) is 17.0. The van der Waals surface area contributed by atoms with E-state index in [4.69, 9.17) is 9.47 Å². The average Bonchev–Trinajstić information content (AvgIpc) is 3.11. The zero-order chi connectivity index (χ0) is 20.9. The molecule has 0 saturated heterocycles. The molecule has 0 saturated carbocycles. The largest absolute Gasteiger partial charge is 0.493 e. The zero-order valence-electron chi connectivity index (χ0n) is 17.0. The first-order chi connectivity index (χ1) is 14.7. The number of fused-ring (bicyclic) bond motifs is 3. The van der Waals surface area contributed by atoms with E-state index >= 15 is 0 Å². The summed E-state index contributed by atoms with van der Waals surface area (Å²) in [6, 6.07) is 21.7. The van der Waals surface area contributed by atoms with Crippen LogP contribution < -0.4 is 14.9 Å². The van der Waals surface area contributed by atoms with Gasteiger partial charge in [0.1, 0.15) is 0 Å². The van der Waals surface area contributed by atoms with E-state index in [1.807, 2.05) is 24.3 Å². The molecular formula is C24H23N3O3. The Morgan fingerprint density at radius 1 is 1.00 bits per heavy atom. The fourth-order valence-electron chi connectivity index (χ4n) is 3.58. The van der Waals surface area contributed by atoms with Crippen LogP contribution in [0.2, 0.25) is 0 Å². The molecule has 0 bridgehead atoms. The van der Waals surface area contributed by atoms with Crippen LogP contribution in [0, 0.1) is 0 Å². The third kappa shape index (κ3) is 3.85. The quantitative estimate of drug-likeness (QED) is 0.370. The van der Waals surface area contributed by atoms with Gasteiger partial charge in [-0.05, 0) is 42.8 Å². The molecular weight excluding hydrogens is 378 g/mol. The monoisotopic (exact) mass is 401 g/mol. The van der Waals surface area contributed by atoms with E-state index in [9.17, 15) is 4.79 Å². The van der Waals surface area contributed by atoms with Crippen molar-refractivity contribution in [2.24, 2.45) is 5.10 Å². The van der Waals surface area contributed by atoms with Gasteiger partial charge in [-0.25, -0.2) is 5.43 Å². The minimum atomic E-state index is -0.346. The van der Waals surface area contributed by atoms with Crippen LogP contribution >= 0.6 is 0 Å². The highest BCUT2D eigenvalue weighted by Gasteiger charge is 2.09. The Morgan fingerprint density at radius 2 is 1.73 bits per heavy atom. The minimum Gasteiger partial charge on any atom is -0.493 e. The Kier molecular flexibility index (Phi) is 5.66. The van der Waals surface area contributed by atoms with Crippen LogP contribution in [0.3, 0.4) is 0 Å². The van der Waals surface area contributed by atoms with Crippen molar-refractivity contribution in [2.45, 2.75) is 13.5 Å². The molecule has 0 aliphatic heterocycles. The van der Waals surface area contributed by atoms with Crippen LogP contribution in [-0.2, 0) is 11.3 Å². The average molecular weight is 401 g/mol. The van der Waals surface area contributed by atoms with E-state index in [1.165, 1.54) is 21.8 Å². The number of hydrazone groups is 1. The third-order valence-corrected chi connectivity index (χ3v) is 4.94. The van der Waals surface area contributed by atoms with Gasteiger partial charge in [0.05, 0.1) is 13.3 Å². The number of aryl methyl sites for hydroxylation is 1. The molecule has 0 aliphatic rings. The van der Waals surface area contributed by atoms with E-state index < -0.39 is 0 Å². The molecule has 1 amide bonds. The Labute approximate surface area is 174 Å². The second kappa shape index (κ2) is 8.69. The molecule has 0 unspecified atom stereocenters. The van der Waals surface area contributed by atoms with Crippen molar-refractivity contribution >= 4 is 33.9 Å². The summed E-state index contributed by atoms with van der Waals surface area (Å²) in [4.78, 5) is 12.0. The van der Waals surface area contributed by atoms with Crippen molar-refractivity contribution in [1.82, 2.24) is 9.99 Å². The first kappa shape index (κ1) is 19.5. The molecule has 0 fully saturated rings. The molecule has 4 aromatic rings. The van der Waals surface area contributed by atoms with Gasteiger partial charge in [0.15, 0.2) is 18.1 Å². The molecule has 1 heterocycles. The number of nitrogens with zero attached hydrogens (tertiary/aromatic N) is 2. The molecule has 152 valence electrons. The maximum absolute atomic E-state index is 12.0. The maximum Gasteiger partial charge on any atom is 0.277 e. The van der Waals surface area contributed by atoms with Gasteiger partial charge < -0.3 is 14.0 Å². The molecule has 4 rings (SSSR count). The van der Waals surface area contributed by atoms with E-state index in [0.717, 1.165) is 12.1 Å². The normalized spacial score (nSPS) is 11.3. The number of benzene rings is 3. The number of ether oxygens (including phenoxy) is 2. The standard InChI is InChI=1S/C24H23N3O3/c1-3-27-20-9-5-4-8-18(20)19-14-17(12-13-21(19)27)15-25-26-24(28)16-30-23-11-7-6-10-22(23)29-2/h4-15H,3,16H2,1-2H3,(H,26,28). The summed E-state index contributed by atoms with van der Waals surface area (Å²) in [6.07, 6.45) is 1.64. The number of hydrogen-bond donors (Lipinski definition) is 1. The molecule has 0 radical (unpaired) electrons. The predicted octanol–water partition coefficient (Wildman–Crippen LogP) is 4.35. The summed E-state index contributed by atoms with van der Waals surface area (Å²) < 4.78 is 13.0. The van der Waals surface area contributed by atoms with Gasteiger partial charge in [0.2, 0.25) is 0 Å². The highest BCUT2D eigenvalue weighted by Crippen LogP contribution is 2.29. The highest BCUT2D eigenvalue weighted by atomic mass is 16.5. The van der Waals surface area contributed by atoms with E-state index in [-0.39, 0.29) is 12.5 Å². The summed E-state index contributed by atoms with van der Waals surface area (Å²) >= 11 is 0. The van der Waals surface area contributed by atoms with Crippen LogP contribution in [0.15, 0.2) is 71.8 Å². The molecule has 0 spiro atoms. The lowest BCUT2D eigenvalue weighted by molar-refractivity contribution is -0.123. The van der Waals surface area contributed by atoms with Crippen molar-refractivity contribution in [2.75, 3.05) is 13.7 Å². The van der Waals surface area contributed by atoms with Crippen LogP contribution in [0.1, 0.15) is 12.5 Å². The summed E-state index contributed by atoms with van der Waals surface area (Å²) in [7, 11) is 1.56. The minimum absolute atomic E-state index is 0.152. The lowest BCUT2D eigenvalue weighted by Crippen LogP contribution is -2.24. The Balaban J connectivity index is 1.45. The number of methoxy groups -OCH3 is 1. The summed E-state index contributed by atoms with van der Waals surface area (Å²) in [5.74, 6) is 0.742. The fraction of sp³-hybridized carbons (Fsp3) is 0.167. The summed E-state index contributed by atoms with van der Waals surface area (Å²) in [6.45, 7) is 2.89. The van der Waals surface area contributed by atoms with Crippen molar-refractivity contribution in [1.29, 1.82) is 0 Å². The first-order valence-electron chi connectivity index (χ1n) is 9.80. The van der Waals surface area contributed by atoms with Gasteiger partial charge in [0.25, 0.3) is 5.91 Å². The van der Waals surface area contributed by atoms with Crippen LogP contribution in [0.4, 0.5) is 0 Å². The molecule has 0 atom stereocenters. The first-order valence-corrected chi connectivity index (χ1v) is 9.80. The number of carbonyl (C=O) groups excluding carboxylic acids is 1. The summed E-state index contributed by atoms with van der Waals surface area (Å²) in [5, 5.41) is 6.44. The number of hydrogen-bond acceptors (Lipinski definition) is 4. The van der Waals surface area contributed by atoms with E-state index in [1.54, 1.807) is 25.5 Å². The molecule has 0 aliphatic carbocycles. The van der Waals surface area contributed by atoms with E-state index in [2.05, 4.69) is 52.3 Å². The number of nitrogens with one attached hydrogen (secondary N) is 1. The molecule has 30 heavy (non-hydrogen) atoms. The molecule has 6 heteroatoms. The fourth-order valence-corrected chi connectivity index (χ4v) is 3.58.